The molecular formula is C31H24N2O7. The van der Waals surface area contributed by atoms with Crippen LogP contribution in [0.2, 0.25) is 0 Å². The predicted octanol–water partition coefficient (Wildman–Crippen LogP) is 5.83. The predicted molar refractivity (Wildman–Crippen MR) is 147 cm³/mol. The van der Waals surface area contributed by atoms with E-state index >= 15 is 0 Å². The molecule has 4 aromatic rings. The molecule has 1 atom stereocenters. The first-order valence-electron chi connectivity index (χ1n) is 12.6. The smallest absolute Gasteiger partial charge is 0.311 e. The molecule has 0 unspecified atom stereocenters. The Hall–Kier alpha value is -5.31. The molecule has 0 aromatic heterocycles. The third kappa shape index (κ3) is 5.88. The normalized spacial score (nSPS) is 14.6. The standard InChI is InChI=1S/C31H24N2O7/c34-28(22-10-12-25(13-11-22)33(37)38)20-39-31(36)23-18-30(35)32(19-23)24-14-16-26(17-15-24)40-29-9-5-4-8-27(29)21-6-2-1-3-7-21/h1-17,23H,18-20H2/t23-/m0/s1. The van der Waals surface area contributed by atoms with Crippen molar-refractivity contribution in [1.82, 2.24) is 0 Å². The number of non-ortho nitro benzene ring substituents is 1. The summed E-state index contributed by atoms with van der Waals surface area (Å²) in [5.74, 6) is -0.792. The molecule has 0 aliphatic carbocycles. The molecule has 1 fully saturated rings. The van der Waals surface area contributed by atoms with Gasteiger partial charge in [-0.1, -0.05) is 48.5 Å². The summed E-state index contributed by atoms with van der Waals surface area (Å²) >= 11 is 0. The molecule has 0 N–H and O–H groups in total. The third-order valence-electron chi connectivity index (χ3n) is 6.55. The summed E-state index contributed by atoms with van der Waals surface area (Å²) in [5, 5.41) is 10.8. The quantitative estimate of drug-likeness (QED) is 0.114. The Morgan fingerprint density at radius 1 is 0.875 bits per heavy atom. The topological polar surface area (TPSA) is 116 Å². The summed E-state index contributed by atoms with van der Waals surface area (Å²) in [5.41, 5.74) is 2.65. The van der Waals surface area contributed by atoms with E-state index in [0.717, 1.165) is 11.1 Å². The highest BCUT2D eigenvalue weighted by Gasteiger charge is 2.36. The molecule has 0 radical (unpaired) electrons. The minimum Gasteiger partial charge on any atom is -0.457 e. The fourth-order valence-electron chi connectivity index (χ4n) is 4.45. The maximum Gasteiger partial charge on any atom is 0.311 e. The van der Waals surface area contributed by atoms with E-state index in [2.05, 4.69) is 0 Å². The lowest BCUT2D eigenvalue weighted by atomic mass is 10.0. The lowest BCUT2D eigenvalue weighted by Crippen LogP contribution is -2.27. The van der Waals surface area contributed by atoms with E-state index < -0.39 is 29.2 Å². The maximum atomic E-state index is 12.7. The Morgan fingerprint density at radius 3 is 2.25 bits per heavy atom. The Labute approximate surface area is 229 Å². The first-order chi connectivity index (χ1) is 19.4. The van der Waals surface area contributed by atoms with E-state index in [-0.39, 0.29) is 30.1 Å². The highest BCUT2D eigenvalue weighted by molar-refractivity contribution is 6.01. The van der Waals surface area contributed by atoms with Crippen LogP contribution in [0.1, 0.15) is 16.8 Å². The average molecular weight is 537 g/mol. The molecule has 40 heavy (non-hydrogen) atoms. The van der Waals surface area contributed by atoms with Crippen LogP contribution in [0.5, 0.6) is 11.5 Å². The first-order valence-corrected chi connectivity index (χ1v) is 12.6. The van der Waals surface area contributed by atoms with E-state index in [0.29, 0.717) is 17.2 Å². The maximum absolute atomic E-state index is 12.7. The average Bonchev–Trinajstić information content (AvgIpc) is 3.38. The van der Waals surface area contributed by atoms with Gasteiger partial charge < -0.3 is 14.4 Å². The van der Waals surface area contributed by atoms with Crippen molar-refractivity contribution in [2.24, 2.45) is 5.92 Å². The summed E-state index contributed by atoms with van der Waals surface area (Å²) in [7, 11) is 0. The summed E-state index contributed by atoms with van der Waals surface area (Å²) in [6.45, 7) is -0.391. The number of ether oxygens (including phenoxy) is 2. The number of anilines is 1. The van der Waals surface area contributed by atoms with Crippen LogP contribution >= 0.6 is 0 Å². The van der Waals surface area contributed by atoms with Gasteiger partial charge in [0.2, 0.25) is 5.91 Å². The van der Waals surface area contributed by atoms with E-state index in [4.69, 9.17) is 9.47 Å². The number of rotatable bonds is 9. The molecule has 9 nitrogen and oxygen atoms in total. The minimum atomic E-state index is -0.717. The van der Waals surface area contributed by atoms with Crippen molar-refractivity contribution in [2.75, 3.05) is 18.1 Å². The number of hydrogen-bond donors (Lipinski definition) is 0. The summed E-state index contributed by atoms with van der Waals surface area (Å²) in [6.07, 6.45) is -0.0345. The van der Waals surface area contributed by atoms with Crippen LogP contribution in [0.4, 0.5) is 11.4 Å². The van der Waals surface area contributed by atoms with Crippen molar-refractivity contribution in [3.8, 4) is 22.6 Å². The summed E-state index contributed by atoms with van der Waals surface area (Å²) < 4.78 is 11.3. The van der Waals surface area contributed by atoms with Crippen LogP contribution in [0, 0.1) is 16.0 Å². The molecule has 5 rings (SSSR count). The summed E-state index contributed by atoms with van der Waals surface area (Å²) in [6, 6.07) is 29.7. The largest absolute Gasteiger partial charge is 0.457 e. The molecule has 1 saturated heterocycles. The number of nitro groups is 1. The first kappa shape index (κ1) is 26.3. The number of esters is 1. The zero-order valence-electron chi connectivity index (χ0n) is 21.3. The number of ketones is 1. The second-order valence-electron chi connectivity index (χ2n) is 9.20. The van der Waals surface area contributed by atoms with Gasteiger partial charge in [-0.2, -0.15) is 0 Å². The lowest BCUT2D eigenvalue weighted by Gasteiger charge is -2.17. The molecule has 0 bridgehead atoms. The lowest BCUT2D eigenvalue weighted by molar-refractivity contribution is -0.384. The SMILES string of the molecule is O=C(COC(=O)[C@H]1CC(=O)N(c2ccc(Oc3ccccc3-c3ccccc3)cc2)C1)c1ccc([N+](=O)[O-])cc1. The molecule has 200 valence electrons. The fourth-order valence-corrected chi connectivity index (χ4v) is 4.45. The monoisotopic (exact) mass is 536 g/mol. The molecule has 1 heterocycles. The van der Waals surface area contributed by atoms with Crippen molar-refractivity contribution in [1.29, 1.82) is 0 Å². The molecular weight excluding hydrogens is 512 g/mol. The van der Waals surface area contributed by atoms with Gasteiger partial charge in [0.05, 0.1) is 10.8 Å². The van der Waals surface area contributed by atoms with Crippen molar-refractivity contribution in [3.63, 3.8) is 0 Å². The van der Waals surface area contributed by atoms with Gasteiger partial charge in [-0.25, -0.2) is 0 Å². The van der Waals surface area contributed by atoms with Gasteiger partial charge >= 0.3 is 5.97 Å². The molecule has 1 amide bonds. The van der Waals surface area contributed by atoms with Crippen LogP contribution < -0.4 is 9.64 Å². The third-order valence-corrected chi connectivity index (χ3v) is 6.55. The molecule has 9 heteroatoms. The van der Waals surface area contributed by atoms with E-state index in [1.807, 2.05) is 54.6 Å². The van der Waals surface area contributed by atoms with Gasteiger partial charge in [-0.15, -0.1) is 0 Å². The number of nitro benzene ring substituents is 1. The van der Waals surface area contributed by atoms with Gasteiger partial charge in [-0.3, -0.25) is 24.5 Å². The Bertz CT molecular complexity index is 1550. The van der Waals surface area contributed by atoms with E-state index in [1.165, 1.54) is 29.2 Å². The van der Waals surface area contributed by atoms with E-state index in [9.17, 15) is 24.5 Å². The van der Waals surface area contributed by atoms with E-state index in [1.54, 1.807) is 24.3 Å². The van der Waals surface area contributed by atoms with Gasteiger partial charge in [0.15, 0.2) is 12.4 Å². The van der Waals surface area contributed by atoms with Crippen LogP contribution in [-0.2, 0) is 14.3 Å². The Kier molecular flexibility index (Phi) is 7.63. The van der Waals surface area contributed by atoms with Crippen molar-refractivity contribution in [2.45, 2.75) is 6.42 Å². The van der Waals surface area contributed by atoms with Gasteiger partial charge in [0.25, 0.3) is 5.69 Å². The number of para-hydroxylation sites is 1. The number of Topliss-reactive ketones (excluding diaryl/α,β-unsaturated/α-hetero) is 1. The van der Waals surface area contributed by atoms with Gasteiger partial charge in [-0.05, 0) is 48.0 Å². The van der Waals surface area contributed by atoms with Crippen LogP contribution in [0.15, 0.2) is 103 Å². The molecule has 0 saturated carbocycles. The minimum absolute atomic E-state index is 0.0345. The molecule has 1 aliphatic heterocycles. The number of benzene rings is 4. The summed E-state index contributed by atoms with van der Waals surface area (Å²) in [4.78, 5) is 49.3. The highest BCUT2D eigenvalue weighted by Crippen LogP contribution is 2.34. The Balaban J connectivity index is 1.18. The second-order valence-corrected chi connectivity index (χ2v) is 9.20. The zero-order chi connectivity index (χ0) is 28.1. The van der Waals surface area contributed by atoms with Gasteiger partial charge in [0.1, 0.15) is 11.5 Å². The number of nitrogens with zero attached hydrogens (tertiary/aromatic N) is 2. The fraction of sp³-hybridized carbons (Fsp3) is 0.129. The number of amides is 1. The van der Waals surface area contributed by atoms with Crippen LogP contribution in [0.3, 0.4) is 0 Å². The number of carbonyl (C=O) groups excluding carboxylic acids is 3. The van der Waals surface area contributed by atoms with Crippen LogP contribution in [0.25, 0.3) is 11.1 Å². The Morgan fingerprint density at radius 2 is 1.55 bits per heavy atom. The molecule has 1 aliphatic rings. The van der Waals surface area contributed by atoms with Crippen molar-refractivity contribution >= 4 is 29.0 Å². The van der Waals surface area contributed by atoms with Crippen molar-refractivity contribution < 1.29 is 28.8 Å². The number of hydrogen-bond acceptors (Lipinski definition) is 7. The van der Waals surface area contributed by atoms with Crippen LogP contribution in [-0.4, -0.2) is 35.7 Å². The highest BCUT2D eigenvalue weighted by atomic mass is 16.6. The zero-order valence-corrected chi connectivity index (χ0v) is 21.3. The number of carbonyl (C=O) groups is 3. The molecule has 0 spiro atoms. The second kappa shape index (κ2) is 11.6. The van der Waals surface area contributed by atoms with Crippen molar-refractivity contribution in [3.05, 3.63) is 119 Å². The van der Waals surface area contributed by atoms with Gasteiger partial charge in [0, 0.05) is 41.9 Å². The molecule has 4 aromatic carbocycles.